The Morgan fingerprint density at radius 1 is 1.13 bits per heavy atom. The van der Waals surface area contributed by atoms with Gasteiger partial charge < -0.3 is 9.42 Å². The molecule has 4 rings (SSSR count). The second-order valence-electron chi connectivity index (χ2n) is 9.46. The molecule has 3 aromatic rings. The molecule has 1 aliphatic heterocycles. The van der Waals surface area contributed by atoms with Crippen molar-refractivity contribution in [2.75, 3.05) is 13.1 Å². The molecule has 6 nitrogen and oxygen atoms in total. The smallest absolute Gasteiger partial charge is 0.254 e. The number of piperidine rings is 1. The summed E-state index contributed by atoms with van der Waals surface area (Å²) in [5.74, 6) is 1.87. The molecule has 1 saturated heterocycles. The molecule has 0 N–H and O–H groups in total. The zero-order valence-corrected chi connectivity index (χ0v) is 19.0. The molecular formula is C25H30N4O2. The number of nitrogens with zero attached hydrogens (tertiary/aromatic N) is 4. The normalized spacial score (nSPS) is 15.3. The van der Waals surface area contributed by atoms with E-state index in [0.717, 1.165) is 46.7 Å². The molecule has 3 heterocycles. The molecule has 0 spiro atoms. The van der Waals surface area contributed by atoms with Crippen molar-refractivity contribution in [1.82, 2.24) is 20.0 Å². The zero-order valence-electron chi connectivity index (χ0n) is 19.0. The number of hydrogen-bond donors (Lipinski definition) is 0. The summed E-state index contributed by atoms with van der Waals surface area (Å²) in [7, 11) is 0. The number of rotatable bonds is 3. The summed E-state index contributed by atoms with van der Waals surface area (Å²) in [4.78, 5) is 24.6. The summed E-state index contributed by atoms with van der Waals surface area (Å²) in [6, 6.07) is 9.71. The molecule has 6 heteroatoms. The molecular weight excluding hydrogens is 388 g/mol. The molecule has 0 bridgehead atoms. The predicted molar refractivity (Wildman–Crippen MR) is 120 cm³/mol. The number of hydrogen-bond acceptors (Lipinski definition) is 5. The van der Waals surface area contributed by atoms with Crippen molar-refractivity contribution in [3.05, 3.63) is 64.9 Å². The number of likely N-dealkylation sites (tertiary alicyclic amines) is 1. The van der Waals surface area contributed by atoms with Crippen LogP contribution in [-0.4, -0.2) is 39.0 Å². The van der Waals surface area contributed by atoms with E-state index in [4.69, 9.17) is 9.51 Å². The predicted octanol–water partition coefficient (Wildman–Crippen LogP) is 5.07. The van der Waals surface area contributed by atoms with Crippen molar-refractivity contribution in [1.29, 1.82) is 0 Å². The lowest BCUT2D eigenvalue weighted by Crippen LogP contribution is -2.38. The van der Waals surface area contributed by atoms with Gasteiger partial charge in [-0.3, -0.25) is 4.79 Å². The van der Waals surface area contributed by atoms with E-state index in [-0.39, 0.29) is 17.2 Å². The van der Waals surface area contributed by atoms with Gasteiger partial charge in [0.1, 0.15) is 5.82 Å². The average molecular weight is 419 g/mol. The van der Waals surface area contributed by atoms with Crippen molar-refractivity contribution in [3.63, 3.8) is 0 Å². The second kappa shape index (κ2) is 8.25. The number of benzene rings is 1. The minimum atomic E-state index is -0.147. The first-order valence-electron chi connectivity index (χ1n) is 10.9. The van der Waals surface area contributed by atoms with Crippen LogP contribution in [0.4, 0.5) is 0 Å². The van der Waals surface area contributed by atoms with Crippen molar-refractivity contribution in [2.45, 2.75) is 58.8 Å². The highest BCUT2D eigenvalue weighted by atomic mass is 16.5. The third kappa shape index (κ3) is 4.38. The Bertz CT molecular complexity index is 1090. The Labute approximate surface area is 183 Å². The highest BCUT2D eigenvalue weighted by molar-refractivity contribution is 5.95. The fraction of sp³-hybridized carbons (Fsp3) is 0.440. The molecule has 2 aromatic heterocycles. The molecule has 1 fully saturated rings. The van der Waals surface area contributed by atoms with Gasteiger partial charge in [-0.05, 0) is 38.3 Å². The van der Waals surface area contributed by atoms with Crippen molar-refractivity contribution < 1.29 is 9.32 Å². The lowest BCUT2D eigenvalue weighted by Gasteiger charge is -2.33. The number of carbonyl (C=O) groups is 1. The van der Waals surface area contributed by atoms with Gasteiger partial charge in [0.2, 0.25) is 0 Å². The fourth-order valence-electron chi connectivity index (χ4n) is 4.09. The highest BCUT2D eigenvalue weighted by Crippen LogP contribution is 2.35. The van der Waals surface area contributed by atoms with Crippen LogP contribution in [0.5, 0.6) is 0 Å². The molecule has 1 amide bonds. The lowest BCUT2D eigenvalue weighted by atomic mass is 9.88. The Hall–Kier alpha value is -3.02. The SMILES string of the molecule is Cc1cc(-c2cnc(C(C)(C)C)nc2C2CCN(C(=O)c3ccccc3C)CC2)on1. The number of carbonyl (C=O) groups excluding carboxylic acids is 1. The summed E-state index contributed by atoms with van der Waals surface area (Å²) in [6.45, 7) is 11.7. The van der Waals surface area contributed by atoms with Crippen LogP contribution in [0.2, 0.25) is 0 Å². The van der Waals surface area contributed by atoms with E-state index < -0.39 is 0 Å². The molecule has 1 aromatic carbocycles. The van der Waals surface area contributed by atoms with Gasteiger partial charge in [0.15, 0.2) is 5.76 Å². The van der Waals surface area contributed by atoms with Crippen LogP contribution in [0, 0.1) is 13.8 Å². The van der Waals surface area contributed by atoms with Crippen LogP contribution < -0.4 is 0 Å². The molecule has 0 saturated carbocycles. The van der Waals surface area contributed by atoms with Crippen molar-refractivity contribution in [2.24, 2.45) is 0 Å². The second-order valence-corrected chi connectivity index (χ2v) is 9.46. The van der Waals surface area contributed by atoms with Crippen LogP contribution in [0.15, 0.2) is 41.1 Å². The van der Waals surface area contributed by atoms with E-state index in [1.54, 1.807) is 0 Å². The maximum atomic E-state index is 13.0. The minimum Gasteiger partial charge on any atom is -0.356 e. The van der Waals surface area contributed by atoms with E-state index in [9.17, 15) is 4.79 Å². The van der Waals surface area contributed by atoms with E-state index in [2.05, 4.69) is 30.9 Å². The minimum absolute atomic E-state index is 0.112. The lowest BCUT2D eigenvalue weighted by molar-refractivity contribution is 0.0711. The maximum absolute atomic E-state index is 13.0. The van der Waals surface area contributed by atoms with E-state index in [1.165, 1.54) is 0 Å². The maximum Gasteiger partial charge on any atom is 0.254 e. The van der Waals surface area contributed by atoms with Gasteiger partial charge in [0.05, 0.1) is 17.0 Å². The first kappa shape index (κ1) is 21.2. The first-order chi connectivity index (χ1) is 14.7. The van der Waals surface area contributed by atoms with Gasteiger partial charge in [0.25, 0.3) is 5.91 Å². The van der Waals surface area contributed by atoms with E-state index >= 15 is 0 Å². The number of aryl methyl sites for hydroxylation is 2. The highest BCUT2D eigenvalue weighted by Gasteiger charge is 2.30. The summed E-state index contributed by atoms with van der Waals surface area (Å²) >= 11 is 0. The monoisotopic (exact) mass is 418 g/mol. The van der Waals surface area contributed by atoms with Gasteiger partial charge >= 0.3 is 0 Å². The van der Waals surface area contributed by atoms with Crippen LogP contribution in [-0.2, 0) is 5.41 Å². The van der Waals surface area contributed by atoms with Gasteiger partial charge in [-0.1, -0.05) is 44.1 Å². The summed E-state index contributed by atoms with van der Waals surface area (Å²) in [5, 5.41) is 4.04. The van der Waals surface area contributed by atoms with E-state index in [1.807, 2.05) is 55.3 Å². The number of amides is 1. The first-order valence-corrected chi connectivity index (χ1v) is 10.9. The summed E-state index contributed by atoms with van der Waals surface area (Å²) < 4.78 is 5.54. The molecule has 0 unspecified atom stereocenters. The topological polar surface area (TPSA) is 72.1 Å². The van der Waals surface area contributed by atoms with Gasteiger partial charge in [-0.2, -0.15) is 0 Å². The van der Waals surface area contributed by atoms with Crippen LogP contribution in [0.3, 0.4) is 0 Å². The van der Waals surface area contributed by atoms with Gasteiger partial charge in [-0.15, -0.1) is 0 Å². The average Bonchev–Trinajstić information content (AvgIpc) is 3.19. The zero-order chi connectivity index (χ0) is 22.2. The summed E-state index contributed by atoms with van der Waals surface area (Å²) in [6.07, 6.45) is 3.59. The third-order valence-corrected chi connectivity index (χ3v) is 5.93. The Balaban J connectivity index is 1.60. The Kier molecular flexibility index (Phi) is 5.65. The molecule has 162 valence electrons. The van der Waals surface area contributed by atoms with Gasteiger partial charge in [-0.25, -0.2) is 9.97 Å². The Morgan fingerprint density at radius 3 is 2.45 bits per heavy atom. The molecule has 0 radical (unpaired) electrons. The van der Waals surface area contributed by atoms with Gasteiger partial charge in [0, 0.05) is 42.2 Å². The quantitative estimate of drug-likeness (QED) is 0.594. The van der Waals surface area contributed by atoms with Crippen molar-refractivity contribution in [3.8, 4) is 11.3 Å². The van der Waals surface area contributed by atoms with E-state index in [0.29, 0.717) is 18.8 Å². The van der Waals surface area contributed by atoms with Crippen LogP contribution in [0.1, 0.15) is 72.7 Å². The third-order valence-electron chi connectivity index (χ3n) is 5.93. The molecule has 1 aliphatic rings. The molecule has 0 atom stereocenters. The molecule has 0 aliphatic carbocycles. The largest absolute Gasteiger partial charge is 0.356 e. The van der Waals surface area contributed by atoms with Crippen LogP contribution >= 0.6 is 0 Å². The molecule has 31 heavy (non-hydrogen) atoms. The fourth-order valence-corrected chi connectivity index (χ4v) is 4.09. The standard InChI is InChI=1S/C25H30N4O2/c1-16-8-6-7-9-19(16)23(30)29-12-10-18(11-13-29)22-20(21-14-17(2)28-31-21)15-26-24(27-22)25(3,4)5/h6-9,14-15,18H,10-13H2,1-5H3. The Morgan fingerprint density at radius 2 is 1.84 bits per heavy atom. The van der Waals surface area contributed by atoms with Crippen LogP contribution in [0.25, 0.3) is 11.3 Å². The number of aromatic nitrogens is 3. The summed E-state index contributed by atoms with van der Waals surface area (Å²) in [5.41, 5.74) is 4.39. The van der Waals surface area contributed by atoms with Crippen molar-refractivity contribution >= 4 is 5.91 Å².